The first-order chi connectivity index (χ1) is 13.6. The molecule has 1 N–H and O–H groups in total. The molecule has 0 fully saturated rings. The van der Waals surface area contributed by atoms with Crippen molar-refractivity contribution in [2.24, 2.45) is 0 Å². The number of carbonyl (C=O) groups excluding carboxylic acids is 1. The number of unbranched alkanes of at least 4 members (excludes halogenated alkanes) is 1. The topological polar surface area (TPSA) is 82.6 Å². The molecule has 1 aromatic carbocycles. The number of hydrogen-bond acceptors (Lipinski definition) is 9. The fourth-order valence-electron chi connectivity index (χ4n) is 2.22. The van der Waals surface area contributed by atoms with Gasteiger partial charge >= 0.3 is 0 Å². The Morgan fingerprint density at radius 2 is 1.68 bits per heavy atom. The molecule has 154 valence electrons. The number of benzene rings is 1. The normalized spacial score (nSPS) is 10.6. The van der Waals surface area contributed by atoms with Crippen LogP contribution < -0.4 is 19.5 Å². The molecule has 1 heterocycles. The molecule has 2 rings (SSSR count). The largest absolute Gasteiger partial charge is 0.496 e. The van der Waals surface area contributed by atoms with Crippen LogP contribution in [0.4, 0.5) is 0 Å². The maximum Gasteiger partial charge on any atom is 0.230 e. The molecular weight excluding hydrogens is 418 g/mol. The van der Waals surface area contributed by atoms with Crippen molar-refractivity contribution in [2.75, 3.05) is 32.8 Å². The van der Waals surface area contributed by atoms with E-state index in [1.807, 2.05) is 0 Å². The summed E-state index contributed by atoms with van der Waals surface area (Å²) < 4.78 is 17.7. The molecule has 28 heavy (non-hydrogen) atoms. The van der Waals surface area contributed by atoms with Gasteiger partial charge in [0.15, 0.2) is 20.2 Å². The van der Waals surface area contributed by atoms with Crippen LogP contribution in [-0.2, 0) is 11.3 Å². The first-order valence-electron chi connectivity index (χ1n) is 8.75. The smallest absolute Gasteiger partial charge is 0.230 e. The van der Waals surface area contributed by atoms with Gasteiger partial charge in [0.2, 0.25) is 5.91 Å². The molecule has 2 aromatic rings. The number of carbonyl (C=O) groups is 1. The van der Waals surface area contributed by atoms with Gasteiger partial charge in [-0.15, -0.1) is 10.2 Å². The van der Waals surface area contributed by atoms with Crippen molar-refractivity contribution in [3.63, 3.8) is 0 Å². The van der Waals surface area contributed by atoms with E-state index in [0.29, 0.717) is 23.8 Å². The van der Waals surface area contributed by atoms with Crippen molar-refractivity contribution >= 4 is 40.8 Å². The summed E-state index contributed by atoms with van der Waals surface area (Å²) in [6.07, 6.45) is 2.33. The van der Waals surface area contributed by atoms with Gasteiger partial charge in [0.05, 0.1) is 27.1 Å². The van der Waals surface area contributed by atoms with Crippen molar-refractivity contribution in [3.8, 4) is 17.2 Å². The highest BCUT2D eigenvalue weighted by atomic mass is 32.2. The van der Waals surface area contributed by atoms with E-state index < -0.39 is 0 Å². The average molecular weight is 444 g/mol. The summed E-state index contributed by atoms with van der Waals surface area (Å²) in [6.45, 7) is 2.50. The minimum atomic E-state index is -0.0859. The summed E-state index contributed by atoms with van der Waals surface area (Å²) >= 11 is 4.63. The van der Waals surface area contributed by atoms with Gasteiger partial charge < -0.3 is 19.5 Å². The van der Waals surface area contributed by atoms with E-state index in [1.54, 1.807) is 45.2 Å². The summed E-state index contributed by atoms with van der Waals surface area (Å²) in [5.41, 5.74) is 0.809. The second kappa shape index (κ2) is 12.0. The lowest BCUT2D eigenvalue weighted by molar-refractivity contribution is -0.118. The molecule has 0 saturated carbocycles. The highest BCUT2D eigenvalue weighted by molar-refractivity contribution is 8.03. The molecule has 1 aromatic heterocycles. The van der Waals surface area contributed by atoms with Crippen LogP contribution >= 0.6 is 34.9 Å². The Morgan fingerprint density at radius 1 is 1.04 bits per heavy atom. The number of aromatic nitrogens is 2. The summed E-state index contributed by atoms with van der Waals surface area (Å²) in [4.78, 5) is 12.2. The maximum absolute atomic E-state index is 12.2. The summed E-state index contributed by atoms with van der Waals surface area (Å²) in [5, 5.41) is 11.2. The monoisotopic (exact) mass is 443 g/mol. The van der Waals surface area contributed by atoms with E-state index in [9.17, 15) is 4.79 Å². The van der Waals surface area contributed by atoms with Crippen molar-refractivity contribution in [1.82, 2.24) is 15.5 Å². The Kier molecular flexibility index (Phi) is 9.72. The highest BCUT2D eigenvalue weighted by Crippen LogP contribution is 2.34. The molecule has 1 amide bonds. The Labute approximate surface area is 177 Å². The van der Waals surface area contributed by atoms with Crippen LogP contribution in [0.5, 0.6) is 17.2 Å². The molecule has 0 aliphatic rings. The van der Waals surface area contributed by atoms with E-state index in [0.717, 1.165) is 26.4 Å². The second-order valence-electron chi connectivity index (χ2n) is 5.62. The average Bonchev–Trinajstić information content (AvgIpc) is 3.17. The number of nitrogens with one attached hydrogen (secondary N) is 1. The SMILES string of the molecule is CCCCSc1nnc(SCC(=O)NCc2cc(OC)c(OC)cc2OC)s1. The van der Waals surface area contributed by atoms with E-state index in [1.165, 1.54) is 29.5 Å². The van der Waals surface area contributed by atoms with Crippen LogP contribution in [0.2, 0.25) is 0 Å². The van der Waals surface area contributed by atoms with Gasteiger partial charge in [0, 0.05) is 23.9 Å². The molecule has 0 radical (unpaired) electrons. The number of hydrogen-bond donors (Lipinski definition) is 1. The van der Waals surface area contributed by atoms with Crippen LogP contribution in [-0.4, -0.2) is 48.9 Å². The Hall–Kier alpha value is -1.65. The quantitative estimate of drug-likeness (QED) is 0.391. The predicted octanol–water partition coefficient (Wildman–Crippen LogP) is 3.86. The van der Waals surface area contributed by atoms with E-state index in [2.05, 4.69) is 22.4 Å². The fourth-order valence-corrected chi connectivity index (χ4v) is 5.22. The molecular formula is C18H25N3O4S3. The fraction of sp³-hybridized carbons (Fsp3) is 0.500. The molecule has 0 aliphatic heterocycles. The zero-order chi connectivity index (χ0) is 20.4. The van der Waals surface area contributed by atoms with Crippen LogP contribution in [0, 0.1) is 0 Å². The van der Waals surface area contributed by atoms with Crippen molar-refractivity contribution in [3.05, 3.63) is 17.7 Å². The van der Waals surface area contributed by atoms with Gasteiger partial charge in [-0.05, 0) is 12.5 Å². The lowest BCUT2D eigenvalue weighted by atomic mass is 10.1. The van der Waals surface area contributed by atoms with Gasteiger partial charge in [0.1, 0.15) is 5.75 Å². The second-order valence-corrected chi connectivity index (χ2v) is 9.16. The predicted molar refractivity (Wildman–Crippen MR) is 114 cm³/mol. The third-order valence-corrected chi connectivity index (χ3v) is 6.98. The number of methoxy groups -OCH3 is 3. The number of nitrogens with zero attached hydrogens (tertiary/aromatic N) is 2. The number of amides is 1. The first kappa shape index (κ1) is 22.6. The number of thioether (sulfide) groups is 2. The third kappa shape index (κ3) is 6.75. The summed E-state index contributed by atoms with van der Waals surface area (Å²) in [5.74, 6) is 3.03. The van der Waals surface area contributed by atoms with Gasteiger partial charge in [-0.3, -0.25) is 4.79 Å². The lowest BCUT2D eigenvalue weighted by Crippen LogP contribution is -2.24. The van der Waals surface area contributed by atoms with E-state index in [4.69, 9.17) is 14.2 Å². The highest BCUT2D eigenvalue weighted by Gasteiger charge is 2.13. The molecule has 0 atom stereocenters. The molecule has 0 unspecified atom stereocenters. The Morgan fingerprint density at radius 3 is 2.32 bits per heavy atom. The first-order valence-corrected chi connectivity index (χ1v) is 11.5. The number of rotatable bonds is 12. The summed E-state index contributed by atoms with van der Waals surface area (Å²) in [7, 11) is 4.71. The van der Waals surface area contributed by atoms with Crippen LogP contribution in [0.25, 0.3) is 0 Å². The van der Waals surface area contributed by atoms with Crippen molar-refractivity contribution in [2.45, 2.75) is 35.0 Å². The zero-order valence-electron chi connectivity index (χ0n) is 16.4. The van der Waals surface area contributed by atoms with Crippen molar-refractivity contribution < 1.29 is 19.0 Å². The zero-order valence-corrected chi connectivity index (χ0v) is 18.9. The van der Waals surface area contributed by atoms with Gasteiger partial charge in [0.25, 0.3) is 0 Å². The number of ether oxygens (including phenoxy) is 3. The van der Waals surface area contributed by atoms with Crippen LogP contribution in [0.1, 0.15) is 25.3 Å². The lowest BCUT2D eigenvalue weighted by Gasteiger charge is -2.14. The minimum Gasteiger partial charge on any atom is -0.496 e. The summed E-state index contributed by atoms with van der Waals surface area (Å²) in [6, 6.07) is 3.55. The van der Waals surface area contributed by atoms with E-state index >= 15 is 0 Å². The molecule has 0 bridgehead atoms. The third-order valence-electron chi connectivity index (χ3n) is 3.70. The molecule has 0 spiro atoms. The van der Waals surface area contributed by atoms with Gasteiger partial charge in [-0.2, -0.15) is 0 Å². The van der Waals surface area contributed by atoms with Gasteiger partial charge in [-0.25, -0.2) is 0 Å². The minimum absolute atomic E-state index is 0.0859. The van der Waals surface area contributed by atoms with Crippen LogP contribution in [0.15, 0.2) is 20.8 Å². The van der Waals surface area contributed by atoms with Crippen LogP contribution in [0.3, 0.4) is 0 Å². The standard InChI is InChI=1S/C18H25N3O4S3/c1-5-6-7-26-17-20-21-18(28-17)27-11-16(22)19-10-12-8-14(24-3)15(25-4)9-13(12)23-2/h8-9H,5-7,10-11H2,1-4H3,(H,19,22). The Balaban J connectivity index is 1.85. The molecule has 0 saturated heterocycles. The maximum atomic E-state index is 12.2. The van der Waals surface area contributed by atoms with E-state index in [-0.39, 0.29) is 11.7 Å². The molecule has 0 aliphatic carbocycles. The van der Waals surface area contributed by atoms with Gasteiger partial charge in [-0.1, -0.05) is 48.2 Å². The molecule has 7 nitrogen and oxygen atoms in total. The van der Waals surface area contributed by atoms with Crippen molar-refractivity contribution in [1.29, 1.82) is 0 Å². The molecule has 10 heteroatoms. The Bertz CT molecular complexity index is 771.